The molecule has 1 saturated carbocycles. The number of hydrogen-bond acceptors (Lipinski definition) is 4. The summed E-state index contributed by atoms with van der Waals surface area (Å²) in [5.74, 6) is 0.449. The number of aliphatic carboxylic acids is 1. The van der Waals surface area contributed by atoms with Gasteiger partial charge in [0, 0.05) is 26.0 Å². The van der Waals surface area contributed by atoms with Gasteiger partial charge in [-0.3, -0.25) is 4.79 Å². The van der Waals surface area contributed by atoms with Crippen molar-refractivity contribution in [2.45, 2.75) is 25.7 Å². The number of halogens is 1. The van der Waals surface area contributed by atoms with Crippen LogP contribution in [0.4, 0.5) is 5.95 Å². The molecule has 0 aliphatic heterocycles. The van der Waals surface area contributed by atoms with Gasteiger partial charge in [0.15, 0.2) is 0 Å². The summed E-state index contributed by atoms with van der Waals surface area (Å²) in [4.78, 5) is 21.5. The van der Waals surface area contributed by atoms with Crippen molar-refractivity contribution in [2.75, 3.05) is 18.5 Å². The largest absolute Gasteiger partial charge is 0.481 e. The Balaban J connectivity index is 1.85. The zero-order chi connectivity index (χ0) is 13.8. The fourth-order valence-electron chi connectivity index (χ4n) is 2.56. The SMILES string of the molecule is CN(CC1CCC(C(=O)O)CC1)c1ncc(Br)cn1. The minimum Gasteiger partial charge on any atom is -0.481 e. The van der Waals surface area contributed by atoms with Crippen LogP contribution < -0.4 is 4.90 Å². The molecular weight excluding hydrogens is 310 g/mol. The van der Waals surface area contributed by atoms with Gasteiger partial charge in [0.25, 0.3) is 0 Å². The highest BCUT2D eigenvalue weighted by Crippen LogP contribution is 2.29. The zero-order valence-electron chi connectivity index (χ0n) is 10.9. The smallest absolute Gasteiger partial charge is 0.306 e. The minimum atomic E-state index is -0.650. The lowest BCUT2D eigenvalue weighted by atomic mass is 9.82. The molecular formula is C13H18BrN3O2. The van der Waals surface area contributed by atoms with Crippen LogP contribution >= 0.6 is 15.9 Å². The number of carboxylic acids is 1. The normalized spacial score (nSPS) is 23.1. The van der Waals surface area contributed by atoms with E-state index in [0.29, 0.717) is 11.9 Å². The van der Waals surface area contributed by atoms with E-state index < -0.39 is 5.97 Å². The monoisotopic (exact) mass is 327 g/mol. The summed E-state index contributed by atoms with van der Waals surface area (Å²) < 4.78 is 0.867. The van der Waals surface area contributed by atoms with Crippen LogP contribution in [-0.2, 0) is 4.79 Å². The molecule has 1 aliphatic carbocycles. The Morgan fingerprint density at radius 3 is 2.47 bits per heavy atom. The molecule has 1 aromatic heterocycles. The van der Waals surface area contributed by atoms with E-state index in [4.69, 9.17) is 5.11 Å². The molecule has 1 aliphatic rings. The zero-order valence-corrected chi connectivity index (χ0v) is 12.5. The maximum absolute atomic E-state index is 10.9. The Bertz CT molecular complexity index is 430. The fourth-order valence-corrected chi connectivity index (χ4v) is 2.77. The molecule has 0 saturated heterocycles. The maximum Gasteiger partial charge on any atom is 0.306 e. The second kappa shape index (κ2) is 6.32. The van der Waals surface area contributed by atoms with E-state index in [1.54, 1.807) is 12.4 Å². The van der Waals surface area contributed by atoms with Gasteiger partial charge in [-0.1, -0.05) is 0 Å². The summed E-state index contributed by atoms with van der Waals surface area (Å²) in [6.45, 7) is 0.883. The van der Waals surface area contributed by atoms with Gasteiger partial charge in [-0.05, 0) is 47.5 Å². The molecule has 0 amide bonds. The summed E-state index contributed by atoms with van der Waals surface area (Å²) in [7, 11) is 1.98. The first kappa shape index (κ1) is 14.2. The van der Waals surface area contributed by atoms with Gasteiger partial charge >= 0.3 is 5.97 Å². The molecule has 2 rings (SSSR count). The number of rotatable bonds is 4. The van der Waals surface area contributed by atoms with Crippen molar-refractivity contribution in [1.82, 2.24) is 9.97 Å². The van der Waals surface area contributed by atoms with Gasteiger partial charge in [0.05, 0.1) is 10.4 Å². The standard InChI is InChI=1S/C13H18BrN3O2/c1-17(13-15-6-11(14)7-16-13)8-9-2-4-10(5-3-9)12(18)19/h6-7,9-10H,2-5,8H2,1H3,(H,18,19). The van der Waals surface area contributed by atoms with E-state index in [1.807, 2.05) is 11.9 Å². The lowest BCUT2D eigenvalue weighted by molar-refractivity contribution is -0.143. The Morgan fingerprint density at radius 1 is 1.37 bits per heavy atom. The molecule has 0 bridgehead atoms. The highest BCUT2D eigenvalue weighted by molar-refractivity contribution is 9.10. The van der Waals surface area contributed by atoms with E-state index >= 15 is 0 Å². The third-order valence-electron chi connectivity index (χ3n) is 3.68. The number of hydrogen-bond donors (Lipinski definition) is 1. The van der Waals surface area contributed by atoms with Crippen molar-refractivity contribution < 1.29 is 9.90 Å². The third-order valence-corrected chi connectivity index (χ3v) is 4.09. The number of carbonyl (C=O) groups is 1. The Morgan fingerprint density at radius 2 is 1.95 bits per heavy atom. The molecule has 5 nitrogen and oxygen atoms in total. The molecule has 6 heteroatoms. The molecule has 0 radical (unpaired) electrons. The highest BCUT2D eigenvalue weighted by Gasteiger charge is 2.26. The van der Waals surface area contributed by atoms with E-state index in [9.17, 15) is 4.79 Å². The molecule has 0 spiro atoms. The minimum absolute atomic E-state index is 0.148. The molecule has 0 unspecified atom stereocenters. The highest BCUT2D eigenvalue weighted by atomic mass is 79.9. The third kappa shape index (κ3) is 3.89. The summed E-state index contributed by atoms with van der Waals surface area (Å²) in [6, 6.07) is 0. The first-order valence-electron chi connectivity index (χ1n) is 6.47. The van der Waals surface area contributed by atoms with Crippen molar-refractivity contribution in [3.8, 4) is 0 Å². The second-order valence-electron chi connectivity index (χ2n) is 5.14. The fraction of sp³-hybridized carbons (Fsp3) is 0.615. The predicted octanol–water partition coefficient (Wildman–Crippen LogP) is 2.57. The molecule has 1 heterocycles. The van der Waals surface area contributed by atoms with Crippen LogP contribution in [-0.4, -0.2) is 34.6 Å². The van der Waals surface area contributed by atoms with E-state index in [2.05, 4.69) is 25.9 Å². The van der Waals surface area contributed by atoms with E-state index in [1.165, 1.54) is 0 Å². The van der Waals surface area contributed by atoms with Crippen molar-refractivity contribution >= 4 is 27.8 Å². The van der Waals surface area contributed by atoms with Crippen molar-refractivity contribution in [3.63, 3.8) is 0 Å². The van der Waals surface area contributed by atoms with Crippen LogP contribution in [0.3, 0.4) is 0 Å². The van der Waals surface area contributed by atoms with Gasteiger partial charge in [-0.2, -0.15) is 0 Å². The van der Waals surface area contributed by atoms with Gasteiger partial charge in [0.1, 0.15) is 0 Å². The molecule has 1 N–H and O–H groups in total. The summed E-state index contributed by atoms with van der Waals surface area (Å²) >= 11 is 3.31. The number of anilines is 1. The Kier molecular flexibility index (Phi) is 4.74. The quantitative estimate of drug-likeness (QED) is 0.920. The predicted molar refractivity (Wildman–Crippen MR) is 76.1 cm³/mol. The van der Waals surface area contributed by atoms with Crippen molar-refractivity contribution in [1.29, 1.82) is 0 Å². The topological polar surface area (TPSA) is 66.3 Å². The van der Waals surface area contributed by atoms with Crippen LogP contribution in [0.25, 0.3) is 0 Å². The van der Waals surface area contributed by atoms with Crippen LogP contribution in [0.5, 0.6) is 0 Å². The van der Waals surface area contributed by atoms with Crippen LogP contribution in [0, 0.1) is 11.8 Å². The first-order valence-corrected chi connectivity index (χ1v) is 7.27. The molecule has 19 heavy (non-hydrogen) atoms. The summed E-state index contributed by atoms with van der Waals surface area (Å²) in [5.41, 5.74) is 0. The molecule has 0 atom stereocenters. The maximum atomic E-state index is 10.9. The lowest BCUT2D eigenvalue weighted by Gasteiger charge is -2.29. The first-order chi connectivity index (χ1) is 9.06. The summed E-state index contributed by atoms with van der Waals surface area (Å²) in [5, 5.41) is 8.98. The summed E-state index contributed by atoms with van der Waals surface area (Å²) in [6.07, 6.45) is 6.99. The van der Waals surface area contributed by atoms with Gasteiger partial charge < -0.3 is 10.0 Å². The Labute approximate surface area is 121 Å². The van der Waals surface area contributed by atoms with Crippen molar-refractivity contribution in [2.24, 2.45) is 11.8 Å². The molecule has 0 aromatic carbocycles. The molecule has 104 valence electrons. The van der Waals surface area contributed by atoms with Gasteiger partial charge in [-0.15, -0.1) is 0 Å². The Hall–Kier alpha value is -1.17. The number of nitrogens with zero attached hydrogens (tertiary/aromatic N) is 3. The molecule has 1 fully saturated rings. The van der Waals surface area contributed by atoms with E-state index in [-0.39, 0.29) is 5.92 Å². The van der Waals surface area contributed by atoms with Crippen LogP contribution in [0.2, 0.25) is 0 Å². The van der Waals surface area contributed by atoms with Crippen molar-refractivity contribution in [3.05, 3.63) is 16.9 Å². The van der Waals surface area contributed by atoms with Crippen LogP contribution in [0.1, 0.15) is 25.7 Å². The van der Waals surface area contributed by atoms with Gasteiger partial charge in [0.2, 0.25) is 5.95 Å². The molecule has 1 aromatic rings. The second-order valence-corrected chi connectivity index (χ2v) is 6.05. The number of aromatic nitrogens is 2. The van der Waals surface area contributed by atoms with Crippen LogP contribution in [0.15, 0.2) is 16.9 Å². The average Bonchev–Trinajstić information content (AvgIpc) is 2.40. The average molecular weight is 328 g/mol. The van der Waals surface area contributed by atoms with E-state index in [0.717, 1.165) is 36.7 Å². The van der Waals surface area contributed by atoms with Gasteiger partial charge in [-0.25, -0.2) is 9.97 Å². The lowest BCUT2D eigenvalue weighted by Crippen LogP contribution is -2.31. The number of carboxylic acid groups (broad SMARTS) is 1.